The third kappa shape index (κ3) is 6.27. The highest BCUT2D eigenvalue weighted by atomic mass is 35.5. The lowest BCUT2D eigenvalue weighted by Crippen LogP contribution is -2.21. The van der Waals surface area contributed by atoms with Crippen LogP contribution >= 0.6 is 11.6 Å². The zero-order valence-electron chi connectivity index (χ0n) is 11.4. The van der Waals surface area contributed by atoms with Crippen molar-refractivity contribution in [2.24, 2.45) is 11.8 Å². The summed E-state index contributed by atoms with van der Waals surface area (Å²) in [5.41, 5.74) is 0. The first-order chi connectivity index (χ1) is 8.47. The molecule has 18 heavy (non-hydrogen) atoms. The Bertz CT molecular complexity index is 335. The van der Waals surface area contributed by atoms with Gasteiger partial charge >= 0.3 is 0 Å². The molecule has 2 unspecified atom stereocenters. The lowest BCUT2D eigenvalue weighted by atomic mass is 9.94. The Hall–Kier alpha value is -0.730. The minimum atomic E-state index is -0.408. The number of rotatable bonds is 7. The highest BCUT2D eigenvalue weighted by Crippen LogP contribution is 2.18. The van der Waals surface area contributed by atoms with Crippen molar-refractivity contribution >= 4 is 11.6 Å². The lowest BCUT2D eigenvalue weighted by molar-refractivity contribution is 0.0841. The normalized spacial score (nSPS) is 14.6. The molecule has 1 aromatic rings. The van der Waals surface area contributed by atoms with Gasteiger partial charge in [0.1, 0.15) is 12.4 Å². The highest BCUT2D eigenvalue weighted by Gasteiger charge is 2.12. The van der Waals surface area contributed by atoms with Gasteiger partial charge in [-0.2, -0.15) is 0 Å². The van der Waals surface area contributed by atoms with Crippen molar-refractivity contribution in [3.05, 3.63) is 29.3 Å². The molecule has 0 bridgehead atoms. The van der Waals surface area contributed by atoms with Crippen molar-refractivity contribution in [1.82, 2.24) is 0 Å². The minimum Gasteiger partial charge on any atom is -0.491 e. The molecule has 2 atom stereocenters. The molecule has 3 heteroatoms. The monoisotopic (exact) mass is 270 g/mol. The zero-order chi connectivity index (χ0) is 13.5. The van der Waals surface area contributed by atoms with E-state index in [0.29, 0.717) is 23.5 Å². The van der Waals surface area contributed by atoms with E-state index >= 15 is 0 Å². The third-order valence-electron chi connectivity index (χ3n) is 2.80. The average Bonchev–Trinajstić information content (AvgIpc) is 2.27. The van der Waals surface area contributed by atoms with Crippen LogP contribution in [0.5, 0.6) is 5.75 Å². The van der Waals surface area contributed by atoms with Crippen LogP contribution in [0.15, 0.2) is 24.3 Å². The number of benzene rings is 1. The van der Waals surface area contributed by atoms with E-state index in [1.165, 1.54) is 0 Å². The predicted molar refractivity (Wildman–Crippen MR) is 76.2 cm³/mol. The number of hydrogen-bond donors (Lipinski definition) is 1. The molecular weight excluding hydrogens is 248 g/mol. The summed E-state index contributed by atoms with van der Waals surface area (Å²) in [7, 11) is 0. The van der Waals surface area contributed by atoms with E-state index in [4.69, 9.17) is 16.3 Å². The van der Waals surface area contributed by atoms with Gasteiger partial charge in [0.2, 0.25) is 0 Å². The van der Waals surface area contributed by atoms with Gasteiger partial charge in [0, 0.05) is 5.02 Å². The van der Waals surface area contributed by atoms with Crippen LogP contribution in [-0.2, 0) is 0 Å². The standard InChI is InChI=1S/C15H23ClO2/c1-11(2)8-12(3)9-14(17)10-18-15-6-4-13(16)5-7-15/h4-7,11-12,14,17H,8-10H2,1-3H3. The zero-order valence-corrected chi connectivity index (χ0v) is 12.2. The summed E-state index contributed by atoms with van der Waals surface area (Å²) in [4.78, 5) is 0. The van der Waals surface area contributed by atoms with Gasteiger partial charge in [-0.15, -0.1) is 0 Å². The quantitative estimate of drug-likeness (QED) is 0.806. The molecule has 0 heterocycles. The van der Waals surface area contributed by atoms with Crippen LogP contribution in [0, 0.1) is 11.8 Å². The molecule has 0 aliphatic heterocycles. The van der Waals surface area contributed by atoms with Gasteiger partial charge in [-0.3, -0.25) is 0 Å². The van der Waals surface area contributed by atoms with E-state index in [1.807, 2.05) is 12.1 Å². The lowest BCUT2D eigenvalue weighted by Gasteiger charge is -2.18. The summed E-state index contributed by atoms with van der Waals surface area (Å²) in [6.45, 7) is 6.91. The van der Waals surface area contributed by atoms with Gasteiger partial charge in [-0.1, -0.05) is 32.4 Å². The molecule has 0 spiro atoms. The van der Waals surface area contributed by atoms with Crippen LogP contribution in [0.1, 0.15) is 33.6 Å². The molecule has 0 saturated carbocycles. The Kier molecular flexibility index (Phi) is 6.51. The van der Waals surface area contributed by atoms with Crippen LogP contribution in [0.4, 0.5) is 0 Å². The fraction of sp³-hybridized carbons (Fsp3) is 0.600. The van der Waals surface area contributed by atoms with Crippen molar-refractivity contribution in [3.8, 4) is 5.75 Å². The van der Waals surface area contributed by atoms with Gasteiger partial charge in [0.15, 0.2) is 0 Å². The summed E-state index contributed by atoms with van der Waals surface area (Å²) in [6.07, 6.45) is 1.51. The Labute approximate surface area is 115 Å². The van der Waals surface area contributed by atoms with E-state index < -0.39 is 6.10 Å². The van der Waals surface area contributed by atoms with Crippen molar-refractivity contribution < 1.29 is 9.84 Å². The van der Waals surface area contributed by atoms with Crippen molar-refractivity contribution in [2.75, 3.05) is 6.61 Å². The smallest absolute Gasteiger partial charge is 0.119 e. The first-order valence-corrected chi connectivity index (χ1v) is 6.91. The molecule has 0 fully saturated rings. The van der Waals surface area contributed by atoms with E-state index in [9.17, 15) is 5.11 Å². The molecule has 1 aromatic carbocycles. The van der Waals surface area contributed by atoms with Gasteiger partial charge < -0.3 is 9.84 Å². The predicted octanol–water partition coefficient (Wildman–Crippen LogP) is 4.15. The fourth-order valence-electron chi connectivity index (χ4n) is 2.16. The Morgan fingerprint density at radius 2 is 1.72 bits per heavy atom. The number of aliphatic hydroxyl groups is 1. The summed E-state index contributed by atoms with van der Waals surface area (Å²) in [5.74, 6) is 1.94. The van der Waals surface area contributed by atoms with E-state index in [-0.39, 0.29) is 0 Å². The topological polar surface area (TPSA) is 29.5 Å². The molecular formula is C15H23ClO2. The van der Waals surface area contributed by atoms with Gasteiger partial charge in [-0.25, -0.2) is 0 Å². The molecule has 2 nitrogen and oxygen atoms in total. The van der Waals surface area contributed by atoms with Crippen LogP contribution in [-0.4, -0.2) is 17.8 Å². The third-order valence-corrected chi connectivity index (χ3v) is 3.06. The largest absolute Gasteiger partial charge is 0.491 e. The molecule has 102 valence electrons. The van der Waals surface area contributed by atoms with E-state index in [0.717, 1.165) is 18.6 Å². The van der Waals surface area contributed by atoms with Gasteiger partial charge in [-0.05, 0) is 48.9 Å². The van der Waals surface area contributed by atoms with Crippen molar-refractivity contribution in [2.45, 2.75) is 39.7 Å². The molecule has 1 rings (SSSR count). The minimum absolute atomic E-state index is 0.337. The SMILES string of the molecule is CC(C)CC(C)CC(O)COc1ccc(Cl)cc1. The number of hydrogen-bond acceptors (Lipinski definition) is 2. The molecule has 0 amide bonds. The maximum atomic E-state index is 9.90. The van der Waals surface area contributed by atoms with E-state index in [1.54, 1.807) is 12.1 Å². The maximum Gasteiger partial charge on any atom is 0.119 e. The average molecular weight is 271 g/mol. The fourth-order valence-corrected chi connectivity index (χ4v) is 2.28. The summed E-state index contributed by atoms with van der Waals surface area (Å²) in [5, 5.41) is 10.6. The summed E-state index contributed by atoms with van der Waals surface area (Å²) < 4.78 is 5.52. The van der Waals surface area contributed by atoms with E-state index in [2.05, 4.69) is 20.8 Å². The van der Waals surface area contributed by atoms with Crippen LogP contribution in [0.3, 0.4) is 0 Å². The molecule has 0 aliphatic rings. The molecule has 0 aromatic heterocycles. The Balaban J connectivity index is 2.28. The molecule has 0 aliphatic carbocycles. The Morgan fingerprint density at radius 3 is 2.28 bits per heavy atom. The molecule has 0 radical (unpaired) electrons. The molecule has 1 N–H and O–H groups in total. The number of aliphatic hydroxyl groups excluding tert-OH is 1. The first kappa shape index (κ1) is 15.3. The molecule has 0 saturated heterocycles. The first-order valence-electron chi connectivity index (χ1n) is 6.53. The number of halogens is 1. The summed E-state index contributed by atoms with van der Waals surface area (Å²) in [6, 6.07) is 7.19. The van der Waals surface area contributed by atoms with Crippen molar-refractivity contribution in [3.63, 3.8) is 0 Å². The van der Waals surface area contributed by atoms with Crippen LogP contribution in [0.25, 0.3) is 0 Å². The number of ether oxygens (including phenoxy) is 1. The maximum absolute atomic E-state index is 9.90. The van der Waals surface area contributed by atoms with Gasteiger partial charge in [0.25, 0.3) is 0 Å². The second-order valence-corrected chi connectivity index (χ2v) is 5.83. The highest BCUT2D eigenvalue weighted by molar-refractivity contribution is 6.30. The summed E-state index contributed by atoms with van der Waals surface area (Å²) >= 11 is 5.79. The second kappa shape index (κ2) is 7.65. The second-order valence-electron chi connectivity index (χ2n) is 5.39. The van der Waals surface area contributed by atoms with Crippen LogP contribution < -0.4 is 4.74 Å². The Morgan fingerprint density at radius 1 is 1.11 bits per heavy atom. The van der Waals surface area contributed by atoms with Crippen molar-refractivity contribution in [1.29, 1.82) is 0 Å². The van der Waals surface area contributed by atoms with Gasteiger partial charge in [0.05, 0.1) is 6.10 Å². The van der Waals surface area contributed by atoms with Crippen LogP contribution in [0.2, 0.25) is 5.02 Å².